The number of carboxylic acids is 1. The van der Waals surface area contributed by atoms with Crippen LogP contribution in [0.3, 0.4) is 0 Å². The quantitative estimate of drug-likeness (QED) is 0.901. The maximum Gasteiger partial charge on any atom is 0.356 e. The summed E-state index contributed by atoms with van der Waals surface area (Å²) in [6.07, 6.45) is 6.51. The van der Waals surface area contributed by atoms with Crippen LogP contribution < -0.4 is 5.32 Å². The third kappa shape index (κ3) is 3.59. The first kappa shape index (κ1) is 16.1. The molecule has 0 spiro atoms. The normalized spacial score (nSPS) is 20.3. The molecular weight excluding hydrogens is 306 g/mol. The lowest BCUT2D eigenvalue weighted by Gasteiger charge is -2.32. The van der Waals surface area contributed by atoms with Gasteiger partial charge in [0.25, 0.3) is 5.91 Å². The van der Waals surface area contributed by atoms with Crippen LogP contribution in [-0.2, 0) is 0 Å². The van der Waals surface area contributed by atoms with Gasteiger partial charge in [0.1, 0.15) is 5.69 Å². The number of nitrogens with zero attached hydrogens (tertiary/aromatic N) is 2. The number of hydrogen-bond acceptors (Lipinski definition) is 4. The molecule has 1 amide bonds. The van der Waals surface area contributed by atoms with Crippen molar-refractivity contribution in [3.63, 3.8) is 0 Å². The highest BCUT2D eigenvalue weighted by Gasteiger charge is 2.28. The number of aromatic nitrogens is 2. The van der Waals surface area contributed by atoms with E-state index in [0.29, 0.717) is 0 Å². The van der Waals surface area contributed by atoms with E-state index < -0.39 is 5.97 Å². The number of carbonyl (C=O) groups is 2. The summed E-state index contributed by atoms with van der Waals surface area (Å²) in [6, 6.07) is 10.2. The fourth-order valence-corrected chi connectivity index (χ4v) is 3.20. The van der Waals surface area contributed by atoms with Crippen molar-refractivity contribution in [1.82, 2.24) is 15.3 Å². The summed E-state index contributed by atoms with van der Waals surface area (Å²) in [5, 5.41) is 11.9. The molecule has 2 atom stereocenters. The highest BCUT2D eigenvalue weighted by atomic mass is 16.4. The Labute approximate surface area is 140 Å². The first-order valence-electron chi connectivity index (χ1n) is 8.06. The van der Waals surface area contributed by atoms with Crippen molar-refractivity contribution in [1.29, 1.82) is 0 Å². The number of carboxylic acid groups (broad SMARTS) is 1. The molecule has 2 N–H and O–H groups in total. The lowest BCUT2D eigenvalue weighted by molar-refractivity contribution is 0.0688. The number of hydrogen-bond donors (Lipinski definition) is 2. The molecule has 1 saturated carbocycles. The summed E-state index contributed by atoms with van der Waals surface area (Å²) in [7, 11) is 0. The van der Waals surface area contributed by atoms with Gasteiger partial charge in [0.05, 0.1) is 12.4 Å². The van der Waals surface area contributed by atoms with Crippen LogP contribution in [0.2, 0.25) is 0 Å². The maximum absolute atomic E-state index is 12.4. The Morgan fingerprint density at radius 3 is 2.33 bits per heavy atom. The molecule has 1 aliphatic carbocycles. The zero-order chi connectivity index (χ0) is 16.9. The van der Waals surface area contributed by atoms with Crippen LogP contribution in [0.4, 0.5) is 0 Å². The second-order valence-corrected chi connectivity index (χ2v) is 5.97. The fraction of sp³-hybridized carbons (Fsp3) is 0.333. The van der Waals surface area contributed by atoms with Crippen LogP contribution in [-0.4, -0.2) is 33.0 Å². The smallest absolute Gasteiger partial charge is 0.356 e. The van der Waals surface area contributed by atoms with E-state index in [9.17, 15) is 9.59 Å². The van der Waals surface area contributed by atoms with E-state index in [2.05, 4.69) is 27.4 Å². The minimum atomic E-state index is -1.16. The van der Waals surface area contributed by atoms with Gasteiger partial charge in [0.15, 0.2) is 5.69 Å². The number of amides is 1. The average Bonchev–Trinajstić information content (AvgIpc) is 2.63. The predicted molar refractivity (Wildman–Crippen MR) is 87.9 cm³/mol. The van der Waals surface area contributed by atoms with Crippen molar-refractivity contribution in [3.8, 4) is 0 Å². The summed E-state index contributed by atoms with van der Waals surface area (Å²) in [5.41, 5.74) is 1.19. The lowest BCUT2D eigenvalue weighted by atomic mass is 9.80. The third-order valence-corrected chi connectivity index (χ3v) is 4.41. The number of aromatic carboxylic acids is 1. The van der Waals surface area contributed by atoms with Gasteiger partial charge in [-0.1, -0.05) is 43.2 Å². The van der Waals surface area contributed by atoms with E-state index >= 15 is 0 Å². The molecule has 1 aromatic heterocycles. The second kappa shape index (κ2) is 7.21. The monoisotopic (exact) mass is 325 g/mol. The van der Waals surface area contributed by atoms with E-state index in [1.807, 2.05) is 18.2 Å². The Hall–Kier alpha value is -2.76. The molecule has 6 heteroatoms. The standard InChI is InChI=1S/C18H19N3O3/c22-17(15-10-20-16(11-19-15)18(23)24)21-14-9-5-4-8-13(14)12-6-2-1-3-7-12/h1-3,6-7,10-11,13-14H,4-5,8-9H2,(H,21,22)(H,23,24). The van der Waals surface area contributed by atoms with Gasteiger partial charge in [-0.15, -0.1) is 0 Å². The molecule has 6 nitrogen and oxygen atoms in total. The predicted octanol–water partition coefficient (Wildman–Crippen LogP) is 2.63. The number of carbonyl (C=O) groups excluding carboxylic acids is 1. The molecule has 0 aliphatic heterocycles. The zero-order valence-corrected chi connectivity index (χ0v) is 13.2. The fourth-order valence-electron chi connectivity index (χ4n) is 3.20. The Morgan fingerprint density at radius 2 is 1.67 bits per heavy atom. The van der Waals surface area contributed by atoms with Crippen LogP contribution in [0, 0.1) is 0 Å². The summed E-state index contributed by atoms with van der Waals surface area (Å²) in [6.45, 7) is 0. The Balaban J connectivity index is 1.73. The van der Waals surface area contributed by atoms with Crippen LogP contribution in [0.5, 0.6) is 0 Å². The highest BCUT2D eigenvalue weighted by molar-refractivity contribution is 5.93. The van der Waals surface area contributed by atoms with E-state index in [0.717, 1.165) is 31.9 Å². The number of rotatable bonds is 4. The molecule has 3 rings (SSSR count). The molecule has 1 heterocycles. The van der Waals surface area contributed by atoms with Crippen molar-refractivity contribution >= 4 is 11.9 Å². The van der Waals surface area contributed by atoms with E-state index in [-0.39, 0.29) is 29.3 Å². The van der Waals surface area contributed by atoms with Gasteiger partial charge in [0, 0.05) is 12.0 Å². The Bertz CT molecular complexity index is 716. The first-order chi connectivity index (χ1) is 11.6. The molecule has 2 aromatic rings. The van der Waals surface area contributed by atoms with Crippen molar-refractivity contribution in [2.45, 2.75) is 37.6 Å². The van der Waals surface area contributed by atoms with Gasteiger partial charge >= 0.3 is 5.97 Å². The Kier molecular flexibility index (Phi) is 4.84. The zero-order valence-electron chi connectivity index (χ0n) is 13.2. The summed E-state index contributed by atoms with van der Waals surface area (Å²) < 4.78 is 0. The minimum absolute atomic E-state index is 0.0506. The van der Waals surface area contributed by atoms with Gasteiger partial charge in [-0.3, -0.25) is 4.79 Å². The molecule has 0 radical (unpaired) electrons. The molecule has 0 saturated heterocycles. The van der Waals surface area contributed by atoms with Crippen molar-refractivity contribution in [2.75, 3.05) is 0 Å². The van der Waals surface area contributed by atoms with Crippen LogP contribution in [0.25, 0.3) is 0 Å². The molecule has 24 heavy (non-hydrogen) atoms. The van der Waals surface area contributed by atoms with E-state index in [1.54, 1.807) is 0 Å². The minimum Gasteiger partial charge on any atom is -0.476 e. The Morgan fingerprint density at radius 1 is 1.00 bits per heavy atom. The SMILES string of the molecule is O=C(O)c1cnc(C(=O)NC2CCCCC2c2ccccc2)cn1. The molecule has 0 bridgehead atoms. The second-order valence-electron chi connectivity index (χ2n) is 5.97. The molecule has 1 aliphatic rings. The first-order valence-corrected chi connectivity index (χ1v) is 8.06. The van der Waals surface area contributed by atoms with E-state index in [1.165, 1.54) is 11.8 Å². The summed E-state index contributed by atoms with van der Waals surface area (Å²) >= 11 is 0. The number of benzene rings is 1. The van der Waals surface area contributed by atoms with Gasteiger partial charge in [0.2, 0.25) is 0 Å². The molecular formula is C18H19N3O3. The molecule has 1 aromatic carbocycles. The van der Waals surface area contributed by atoms with E-state index in [4.69, 9.17) is 5.11 Å². The maximum atomic E-state index is 12.4. The third-order valence-electron chi connectivity index (χ3n) is 4.41. The molecule has 2 unspecified atom stereocenters. The topological polar surface area (TPSA) is 92.2 Å². The van der Waals surface area contributed by atoms with Gasteiger partial charge < -0.3 is 10.4 Å². The van der Waals surface area contributed by atoms with Crippen LogP contribution in [0.1, 0.15) is 58.1 Å². The average molecular weight is 325 g/mol. The lowest BCUT2D eigenvalue weighted by Crippen LogP contribution is -2.41. The van der Waals surface area contributed by atoms with Crippen molar-refractivity contribution in [2.24, 2.45) is 0 Å². The van der Waals surface area contributed by atoms with Crippen LogP contribution in [0.15, 0.2) is 42.7 Å². The van der Waals surface area contributed by atoms with Crippen molar-refractivity contribution in [3.05, 3.63) is 59.7 Å². The summed E-state index contributed by atoms with van der Waals surface area (Å²) in [5.74, 6) is -1.19. The summed E-state index contributed by atoms with van der Waals surface area (Å²) in [4.78, 5) is 30.9. The molecule has 1 fully saturated rings. The van der Waals surface area contributed by atoms with Crippen molar-refractivity contribution < 1.29 is 14.7 Å². The van der Waals surface area contributed by atoms with Gasteiger partial charge in [-0.05, 0) is 18.4 Å². The highest BCUT2D eigenvalue weighted by Crippen LogP contribution is 2.33. The van der Waals surface area contributed by atoms with Crippen LogP contribution >= 0.6 is 0 Å². The molecule has 124 valence electrons. The van der Waals surface area contributed by atoms with Gasteiger partial charge in [-0.25, -0.2) is 14.8 Å². The largest absolute Gasteiger partial charge is 0.476 e. The number of nitrogens with one attached hydrogen (secondary N) is 1. The van der Waals surface area contributed by atoms with Gasteiger partial charge in [-0.2, -0.15) is 0 Å².